The van der Waals surface area contributed by atoms with Crippen LogP contribution in [0.5, 0.6) is 0 Å². The van der Waals surface area contributed by atoms with Gasteiger partial charge in [-0.05, 0) is 30.5 Å². The Morgan fingerprint density at radius 3 is 2.83 bits per heavy atom. The minimum Gasteiger partial charge on any atom is -0.350 e. The lowest BCUT2D eigenvalue weighted by Crippen LogP contribution is -2.44. The molecule has 3 aromatic rings. The number of halogens is 1. The van der Waals surface area contributed by atoms with E-state index in [2.05, 4.69) is 20.3 Å². The fraction of sp³-hybridized carbons (Fsp3) is 0.273. The average molecular weight is 424 g/mol. The van der Waals surface area contributed by atoms with Crippen molar-refractivity contribution in [3.63, 3.8) is 0 Å². The van der Waals surface area contributed by atoms with Crippen molar-refractivity contribution in [3.8, 4) is 22.5 Å². The maximum Gasteiger partial charge on any atom is 0.248 e. The third-order valence-corrected chi connectivity index (χ3v) is 5.44. The number of carbonyl (C=O) groups excluding carboxylic acids is 1. The summed E-state index contributed by atoms with van der Waals surface area (Å²) in [7, 11) is 0. The van der Waals surface area contributed by atoms with E-state index in [9.17, 15) is 9.59 Å². The molecular formula is C22H22ClN5O2. The molecule has 1 fully saturated rings. The molecule has 1 amide bonds. The molecule has 0 saturated carbocycles. The van der Waals surface area contributed by atoms with Gasteiger partial charge in [0.25, 0.3) is 0 Å². The number of pyridine rings is 1. The van der Waals surface area contributed by atoms with Gasteiger partial charge in [-0.2, -0.15) is 0 Å². The van der Waals surface area contributed by atoms with Crippen molar-refractivity contribution in [1.29, 1.82) is 0 Å². The van der Waals surface area contributed by atoms with Crippen molar-refractivity contribution in [2.75, 3.05) is 18.4 Å². The van der Waals surface area contributed by atoms with Crippen molar-refractivity contribution >= 4 is 23.5 Å². The third kappa shape index (κ3) is 4.52. The van der Waals surface area contributed by atoms with Crippen molar-refractivity contribution in [2.24, 2.45) is 0 Å². The number of H-pyrrole nitrogens is 1. The molecule has 30 heavy (non-hydrogen) atoms. The normalized spacial score (nSPS) is 16.3. The number of benzene rings is 1. The van der Waals surface area contributed by atoms with Gasteiger partial charge in [0.1, 0.15) is 0 Å². The molecule has 0 aliphatic carbocycles. The van der Waals surface area contributed by atoms with E-state index in [1.54, 1.807) is 19.2 Å². The summed E-state index contributed by atoms with van der Waals surface area (Å²) in [5, 5.41) is 3.77. The Labute approximate surface area is 179 Å². The van der Waals surface area contributed by atoms with Crippen LogP contribution < -0.4 is 10.9 Å². The Hall–Kier alpha value is -3.19. The van der Waals surface area contributed by atoms with E-state index in [0.717, 1.165) is 36.2 Å². The van der Waals surface area contributed by atoms with Crippen LogP contribution in [0.25, 0.3) is 22.5 Å². The zero-order chi connectivity index (χ0) is 21.1. The van der Waals surface area contributed by atoms with Crippen LogP contribution in [0.2, 0.25) is 5.02 Å². The first-order valence-electron chi connectivity index (χ1n) is 9.84. The van der Waals surface area contributed by atoms with Crippen LogP contribution in [0.1, 0.15) is 19.8 Å². The second-order valence-corrected chi connectivity index (χ2v) is 7.76. The number of carbonyl (C=O) groups is 1. The second kappa shape index (κ2) is 8.67. The Kier molecular flexibility index (Phi) is 5.81. The summed E-state index contributed by atoms with van der Waals surface area (Å²) in [6.07, 6.45) is 3.46. The highest BCUT2D eigenvalue weighted by Crippen LogP contribution is 2.29. The molecule has 2 N–H and O–H groups in total. The fourth-order valence-corrected chi connectivity index (χ4v) is 3.85. The van der Waals surface area contributed by atoms with Crippen molar-refractivity contribution < 1.29 is 4.79 Å². The molecule has 0 radical (unpaired) electrons. The van der Waals surface area contributed by atoms with Gasteiger partial charge < -0.3 is 15.2 Å². The largest absolute Gasteiger partial charge is 0.350 e. The molecule has 0 unspecified atom stereocenters. The summed E-state index contributed by atoms with van der Waals surface area (Å²) in [4.78, 5) is 36.9. The van der Waals surface area contributed by atoms with Gasteiger partial charge in [0.15, 0.2) is 0 Å². The number of nitrogens with one attached hydrogen (secondary N) is 2. The molecule has 154 valence electrons. The molecule has 2 aromatic heterocycles. The van der Waals surface area contributed by atoms with Gasteiger partial charge in [0, 0.05) is 43.4 Å². The van der Waals surface area contributed by atoms with E-state index in [4.69, 9.17) is 11.6 Å². The minimum atomic E-state index is -0.156. The molecule has 1 aliphatic heterocycles. The van der Waals surface area contributed by atoms with Gasteiger partial charge in [-0.1, -0.05) is 35.9 Å². The Morgan fingerprint density at radius 2 is 2.03 bits per heavy atom. The summed E-state index contributed by atoms with van der Waals surface area (Å²) < 4.78 is 0. The average Bonchev–Trinajstić information content (AvgIpc) is 2.75. The van der Waals surface area contributed by atoms with Crippen molar-refractivity contribution in [3.05, 3.63) is 64.0 Å². The first-order chi connectivity index (χ1) is 14.5. The summed E-state index contributed by atoms with van der Waals surface area (Å²) in [6, 6.07) is 12.8. The highest BCUT2D eigenvalue weighted by Gasteiger charge is 2.22. The van der Waals surface area contributed by atoms with E-state index in [0.29, 0.717) is 23.2 Å². The van der Waals surface area contributed by atoms with Gasteiger partial charge in [-0.3, -0.25) is 9.59 Å². The van der Waals surface area contributed by atoms with Gasteiger partial charge in [0.2, 0.25) is 17.4 Å². The lowest BCUT2D eigenvalue weighted by Gasteiger charge is -2.32. The summed E-state index contributed by atoms with van der Waals surface area (Å²) in [5.74, 6) is 0.554. The number of amides is 1. The molecular weight excluding hydrogens is 402 g/mol. The van der Waals surface area contributed by atoms with Crippen LogP contribution >= 0.6 is 11.6 Å². The van der Waals surface area contributed by atoms with Crippen LogP contribution in [0, 0.1) is 0 Å². The molecule has 7 nitrogen and oxygen atoms in total. The predicted molar refractivity (Wildman–Crippen MR) is 117 cm³/mol. The molecule has 1 saturated heterocycles. The number of rotatable bonds is 4. The van der Waals surface area contributed by atoms with Crippen LogP contribution in [0.3, 0.4) is 0 Å². The number of piperidine rings is 1. The topological polar surface area (TPSA) is 91.0 Å². The van der Waals surface area contributed by atoms with Gasteiger partial charge in [-0.25, -0.2) is 9.97 Å². The number of aromatic nitrogens is 3. The van der Waals surface area contributed by atoms with Crippen molar-refractivity contribution in [2.45, 2.75) is 25.8 Å². The number of aromatic amines is 1. The van der Waals surface area contributed by atoms with E-state index in [-0.39, 0.29) is 17.5 Å². The Morgan fingerprint density at radius 1 is 1.23 bits per heavy atom. The van der Waals surface area contributed by atoms with E-state index >= 15 is 0 Å². The lowest BCUT2D eigenvalue weighted by atomic mass is 10.0. The highest BCUT2D eigenvalue weighted by molar-refractivity contribution is 6.32. The van der Waals surface area contributed by atoms with Crippen LogP contribution in [0.4, 0.5) is 5.95 Å². The molecule has 0 spiro atoms. The maximum atomic E-state index is 11.7. The molecule has 3 heterocycles. The number of hydrogen-bond acceptors (Lipinski definition) is 5. The zero-order valence-corrected chi connectivity index (χ0v) is 17.3. The molecule has 1 aliphatic rings. The monoisotopic (exact) mass is 423 g/mol. The van der Waals surface area contributed by atoms with E-state index in [1.165, 1.54) is 6.07 Å². The molecule has 1 aromatic carbocycles. The van der Waals surface area contributed by atoms with Crippen LogP contribution in [-0.4, -0.2) is 44.9 Å². The maximum absolute atomic E-state index is 11.7. The summed E-state index contributed by atoms with van der Waals surface area (Å²) >= 11 is 6.40. The van der Waals surface area contributed by atoms with Crippen LogP contribution in [0.15, 0.2) is 53.5 Å². The second-order valence-electron chi connectivity index (χ2n) is 7.35. The number of anilines is 1. The van der Waals surface area contributed by atoms with Gasteiger partial charge >= 0.3 is 0 Å². The lowest BCUT2D eigenvalue weighted by molar-refractivity contribution is -0.129. The summed E-state index contributed by atoms with van der Waals surface area (Å²) in [5.41, 5.74) is 2.85. The Bertz CT molecular complexity index is 1130. The van der Waals surface area contributed by atoms with Gasteiger partial charge in [0.05, 0.1) is 16.9 Å². The molecule has 4 rings (SSSR count). The first kappa shape index (κ1) is 20.1. The quantitative estimate of drug-likeness (QED) is 0.669. The van der Waals surface area contributed by atoms with E-state index < -0.39 is 0 Å². The standard InChI is InChI=1S/C22H22ClN5O2/c1-14(29)28-10-4-7-17(13-28)25-22-24-12-18(23)21(27-22)16-6-2-5-15(11-16)19-8-3-9-20(30)26-19/h2-3,5-6,8-9,11-12,17H,4,7,10,13H2,1H3,(H,26,30)(H,24,25,27)/t17-/m0/s1. The van der Waals surface area contributed by atoms with Crippen LogP contribution in [-0.2, 0) is 4.79 Å². The highest BCUT2D eigenvalue weighted by atomic mass is 35.5. The Balaban J connectivity index is 1.60. The zero-order valence-electron chi connectivity index (χ0n) is 16.6. The molecule has 1 atom stereocenters. The minimum absolute atomic E-state index is 0.0787. The van der Waals surface area contributed by atoms with E-state index in [1.807, 2.05) is 35.2 Å². The smallest absolute Gasteiger partial charge is 0.248 e. The predicted octanol–water partition coefficient (Wildman–Crippen LogP) is 3.58. The van der Waals surface area contributed by atoms with Crippen molar-refractivity contribution in [1.82, 2.24) is 19.9 Å². The third-order valence-electron chi connectivity index (χ3n) is 5.16. The van der Waals surface area contributed by atoms with Gasteiger partial charge in [-0.15, -0.1) is 0 Å². The number of nitrogens with zero attached hydrogens (tertiary/aromatic N) is 3. The number of hydrogen-bond donors (Lipinski definition) is 2. The fourth-order valence-electron chi connectivity index (χ4n) is 3.65. The SMILES string of the molecule is CC(=O)N1CCC[C@H](Nc2ncc(Cl)c(-c3cccc(-c4cccc(=O)[nH]4)c3)n2)C1. The number of likely N-dealkylation sites (tertiary alicyclic amines) is 1. The summed E-state index contributed by atoms with van der Waals surface area (Å²) in [6.45, 7) is 3.01. The molecule has 8 heteroatoms. The first-order valence-corrected chi connectivity index (χ1v) is 10.2. The molecule has 0 bridgehead atoms.